The summed E-state index contributed by atoms with van der Waals surface area (Å²) >= 11 is 0. The van der Waals surface area contributed by atoms with E-state index in [9.17, 15) is 9.59 Å². The minimum absolute atomic E-state index is 0.0112. The van der Waals surface area contributed by atoms with Gasteiger partial charge in [0.05, 0.1) is 5.92 Å². The second kappa shape index (κ2) is 7.25. The Labute approximate surface area is 126 Å². The van der Waals surface area contributed by atoms with Crippen molar-refractivity contribution in [1.82, 2.24) is 10.2 Å². The summed E-state index contributed by atoms with van der Waals surface area (Å²) in [5.41, 5.74) is 2.29. The molecule has 1 fully saturated rings. The Balaban J connectivity index is 1.81. The number of carbonyl (C=O) groups excluding carboxylic acids is 2. The highest BCUT2D eigenvalue weighted by atomic mass is 16.2. The number of nitrogens with zero attached hydrogens (tertiary/aromatic N) is 1. The molecule has 0 unspecified atom stereocenters. The third-order valence-corrected chi connectivity index (χ3v) is 3.95. The quantitative estimate of drug-likeness (QED) is 0.873. The summed E-state index contributed by atoms with van der Waals surface area (Å²) < 4.78 is 0. The van der Waals surface area contributed by atoms with E-state index in [1.807, 2.05) is 36.1 Å². The van der Waals surface area contributed by atoms with Crippen molar-refractivity contribution in [3.63, 3.8) is 0 Å². The SMILES string of the molecule is CCCCN1C[C@@H](C(=O)NCc2ccc(C)cc2)CC1=O. The molecular formula is C17H24N2O2. The zero-order valence-corrected chi connectivity index (χ0v) is 12.9. The first-order valence-corrected chi connectivity index (χ1v) is 7.71. The largest absolute Gasteiger partial charge is 0.352 e. The first-order chi connectivity index (χ1) is 10.1. The zero-order valence-electron chi connectivity index (χ0n) is 12.9. The second-order valence-corrected chi connectivity index (χ2v) is 5.80. The lowest BCUT2D eigenvalue weighted by atomic mass is 10.1. The van der Waals surface area contributed by atoms with Gasteiger partial charge in [-0.15, -0.1) is 0 Å². The molecule has 0 aromatic heterocycles. The normalized spacial score (nSPS) is 18.1. The van der Waals surface area contributed by atoms with Gasteiger partial charge in [-0.25, -0.2) is 0 Å². The maximum Gasteiger partial charge on any atom is 0.225 e. The number of likely N-dealkylation sites (tertiary alicyclic amines) is 1. The van der Waals surface area contributed by atoms with Gasteiger partial charge < -0.3 is 10.2 Å². The van der Waals surface area contributed by atoms with Crippen LogP contribution in [0.1, 0.15) is 37.3 Å². The van der Waals surface area contributed by atoms with Crippen molar-refractivity contribution in [1.29, 1.82) is 0 Å². The highest BCUT2D eigenvalue weighted by Gasteiger charge is 2.33. The van der Waals surface area contributed by atoms with Crippen molar-refractivity contribution in [3.05, 3.63) is 35.4 Å². The van der Waals surface area contributed by atoms with Crippen LogP contribution in [0.25, 0.3) is 0 Å². The number of aryl methyl sites for hydroxylation is 1. The summed E-state index contributed by atoms with van der Waals surface area (Å²) in [7, 11) is 0. The summed E-state index contributed by atoms with van der Waals surface area (Å²) in [6.07, 6.45) is 2.42. The third kappa shape index (κ3) is 4.31. The fourth-order valence-corrected chi connectivity index (χ4v) is 2.55. The molecule has 1 N–H and O–H groups in total. The van der Waals surface area contributed by atoms with Crippen molar-refractivity contribution in [2.24, 2.45) is 5.92 Å². The lowest BCUT2D eigenvalue weighted by Gasteiger charge is -2.16. The van der Waals surface area contributed by atoms with Gasteiger partial charge in [0, 0.05) is 26.1 Å². The van der Waals surface area contributed by atoms with Crippen LogP contribution in [0.15, 0.2) is 24.3 Å². The van der Waals surface area contributed by atoms with Crippen LogP contribution >= 0.6 is 0 Å². The van der Waals surface area contributed by atoms with Gasteiger partial charge >= 0.3 is 0 Å². The van der Waals surface area contributed by atoms with Gasteiger partial charge in [0.2, 0.25) is 11.8 Å². The molecule has 4 heteroatoms. The Morgan fingerprint density at radius 2 is 2.05 bits per heavy atom. The van der Waals surface area contributed by atoms with Crippen LogP contribution in [-0.2, 0) is 16.1 Å². The first kappa shape index (κ1) is 15.5. The van der Waals surface area contributed by atoms with Gasteiger partial charge in [0.1, 0.15) is 0 Å². The van der Waals surface area contributed by atoms with Gasteiger partial charge in [0.25, 0.3) is 0 Å². The van der Waals surface area contributed by atoms with E-state index in [1.165, 1.54) is 5.56 Å². The fourth-order valence-electron chi connectivity index (χ4n) is 2.55. The van der Waals surface area contributed by atoms with Gasteiger partial charge in [-0.2, -0.15) is 0 Å². The smallest absolute Gasteiger partial charge is 0.225 e. The lowest BCUT2D eigenvalue weighted by Crippen LogP contribution is -2.32. The van der Waals surface area contributed by atoms with Crippen molar-refractivity contribution in [2.45, 2.75) is 39.7 Å². The minimum Gasteiger partial charge on any atom is -0.352 e. The Morgan fingerprint density at radius 3 is 2.71 bits per heavy atom. The van der Waals surface area contributed by atoms with E-state index in [1.54, 1.807) is 0 Å². The van der Waals surface area contributed by atoms with E-state index in [0.717, 1.165) is 24.9 Å². The lowest BCUT2D eigenvalue weighted by molar-refractivity contribution is -0.129. The highest BCUT2D eigenvalue weighted by molar-refractivity contribution is 5.89. The number of amides is 2. The first-order valence-electron chi connectivity index (χ1n) is 7.71. The van der Waals surface area contributed by atoms with E-state index >= 15 is 0 Å². The molecular weight excluding hydrogens is 264 g/mol. The van der Waals surface area contributed by atoms with Gasteiger partial charge in [-0.3, -0.25) is 9.59 Å². The standard InChI is InChI=1S/C17H24N2O2/c1-3-4-9-19-12-15(10-16(19)20)17(21)18-11-14-7-5-13(2)6-8-14/h5-8,15H,3-4,9-12H2,1-2H3,(H,18,21)/t15-/m0/s1. The molecule has 0 spiro atoms. The molecule has 1 aliphatic heterocycles. The number of rotatable bonds is 6. The molecule has 4 nitrogen and oxygen atoms in total. The molecule has 114 valence electrons. The predicted octanol–water partition coefficient (Wildman–Crippen LogP) is 2.26. The number of hydrogen-bond acceptors (Lipinski definition) is 2. The number of hydrogen-bond donors (Lipinski definition) is 1. The Morgan fingerprint density at radius 1 is 1.33 bits per heavy atom. The van der Waals surface area contributed by atoms with Crippen molar-refractivity contribution < 1.29 is 9.59 Å². The molecule has 0 radical (unpaired) electrons. The summed E-state index contributed by atoms with van der Waals surface area (Å²) in [6.45, 7) is 6.01. The molecule has 1 aromatic rings. The fraction of sp³-hybridized carbons (Fsp3) is 0.529. The highest BCUT2D eigenvalue weighted by Crippen LogP contribution is 2.18. The van der Waals surface area contributed by atoms with Crippen molar-refractivity contribution >= 4 is 11.8 Å². The summed E-state index contributed by atoms with van der Waals surface area (Å²) in [4.78, 5) is 25.8. The van der Waals surface area contributed by atoms with Crippen molar-refractivity contribution in [2.75, 3.05) is 13.1 Å². The van der Waals surface area contributed by atoms with E-state index < -0.39 is 0 Å². The maximum atomic E-state index is 12.2. The molecule has 1 heterocycles. The minimum atomic E-state index is -0.195. The van der Waals surface area contributed by atoms with Crippen LogP contribution in [0.3, 0.4) is 0 Å². The zero-order chi connectivity index (χ0) is 15.2. The van der Waals surface area contributed by atoms with Crippen LogP contribution in [0.4, 0.5) is 0 Å². The van der Waals surface area contributed by atoms with E-state index in [4.69, 9.17) is 0 Å². The maximum absolute atomic E-state index is 12.2. The number of carbonyl (C=O) groups is 2. The summed E-state index contributed by atoms with van der Waals surface area (Å²) in [6, 6.07) is 8.10. The Kier molecular flexibility index (Phi) is 5.37. The molecule has 1 atom stereocenters. The molecule has 0 saturated carbocycles. The molecule has 1 saturated heterocycles. The second-order valence-electron chi connectivity index (χ2n) is 5.80. The van der Waals surface area contributed by atoms with Gasteiger partial charge in [0.15, 0.2) is 0 Å². The molecule has 2 amide bonds. The van der Waals surface area contributed by atoms with Gasteiger partial charge in [-0.05, 0) is 18.9 Å². The van der Waals surface area contributed by atoms with Crippen LogP contribution in [0.2, 0.25) is 0 Å². The average molecular weight is 288 g/mol. The average Bonchev–Trinajstić information content (AvgIpc) is 2.85. The molecule has 0 bridgehead atoms. The molecule has 0 aliphatic carbocycles. The molecule has 1 aliphatic rings. The molecule has 1 aromatic carbocycles. The summed E-state index contributed by atoms with van der Waals surface area (Å²) in [5, 5.41) is 2.94. The van der Waals surface area contributed by atoms with E-state index in [0.29, 0.717) is 19.5 Å². The predicted molar refractivity (Wildman–Crippen MR) is 82.6 cm³/mol. The topological polar surface area (TPSA) is 49.4 Å². The van der Waals surface area contributed by atoms with Crippen LogP contribution in [-0.4, -0.2) is 29.8 Å². The monoisotopic (exact) mass is 288 g/mol. The summed E-state index contributed by atoms with van der Waals surface area (Å²) in [5.74, 6) is -0.0957. The number of unbranched alkanes of at least 4 members (excludes halogenated alkanes) is 1. The van der Waals surface area contributed by atoms with E-state index in [-0.39, 0.29) is 17.7 Å². The van der Waals surface area contributed by atoms with Crippen LogP contribution in [0.5, 0.6) is 0 Å². The number of benzene rings is 1. The molecule has 21 heavy (non-hydrogen) atoms. The number of nitrogens with one attached hydrogen (secondary N) is 1. The molecule has 2 rings (SSSR count). The van der Waals surface area contributed by atoms with Crippen LogP contribution < -0.4 is 5.32 Å². The van der Waals surface area contributed by atoms with Crippen LogP contribution in [0, 0.1) is 12.8 Å². The van der Waals surface area contributed by atoms with E-state index in [2.05, 4.69) is 12.2 Å². The van der Waals surface area contributed by atoms with Gasteiger partial charge in [-0.1, -0.05) is 43.2 Å². The Bertz CT molecular complexity index is 496. The Hall–Kier alpha value is -1.84. The third-order valence-electron chi connectivity index (χ3n) is 3.95. The van der Waals surface area contributed by atoms with Crippen molar-refractivity contribution in [3.8, 4) is 0 Å².